The molecule has 1 saturated carbocycles. The first-order valence-electron chi connectivity index (χ1n) is 10.9. The van der Waals surface area contributed by atoms with Crippen molar-refractivity contribution in [1.29, 1.82) is 0 Å². The number of benzene rings is 2. The molecule has 0 bridgehead atoms. The topological polar surface area (TPSA) is 45.8 Å². The molecule has 1 aromatic heterocycles. The molecule has 2 aliphatic rings. The summed E-state index contributed by atoms with van der Waals surface area (Å²) in [5.41, 5.74) is 1.80. The Morgan fingerprint density at radius 3 is 2.47 bits per heavy atom. The van der Waals surface area contributed by atoms with Crippen molar-refractivity contribution in [3.05, 3.63) is 82.4 Å². The zero-order valence-electron chi connectivity index (χ0n) is 17.5. The Labute approximate surface area is 197 Å². The van der Waals surface area contributed by atoms with Crippen LogP contribution in [0.4, 0.5) is 5.69 Å². The van der Waals surface area contributed by atoms with Crippen LogP contribution in [0.1, 0.15) is 37.9 Å². The fourth-order valence-corrected chi connectivity index (χ4v) is 5.33. The molecule has 32 heavy (non-hydrogen) atoms. The van der Waals surface area contributed by atoms with Gasteiger partial charge in [-0.3, -0.25) is 9.69 Å². The van der Waals surface area contributed by atoms with E-state index < -0.39 is 0 Å². The van der Waals surface area contributed by atoms with Crippen molar-refractivity contribution in [2.24, 2.45) is 4.99 Å². The maximum absolute atomic E-state index is 13.4. The molecule has 2 fully saturated rings. The molecule has 4 nitrogen and oxygen atoms in total. The lowest BCUT2D eigenvalue weighted by molar-refractivity contribution is -0.124. The number of furan rings is 1. The van der Waals surface area contributed by atoms with Crippen LogP contribution >= 0.6 is 23.4 Å². The molecule has 0 N–H and O–H groups in total. The molecule has 162 valence electrons. The van der Waals surface area contributed by atoms with Gasteiger partial charge in [-0.15, -0.1) is 0 Å². The first-order valence-corrected chi connectivity index (χ1v) is 12.1. The normalized spacial score (nSPS) is 19.9. The quantitative estimate of drug-likeness (QED) is 0.376. The van der Waals surface area contributed by atoms with E-state index in [9.17, 15) is 4.79 Å². The summed E-state index contributed by atoms with van der Waals surface area (Å²) in [6.45, 7) is 0. The van der Waals surface area contributed by atoms with E-state index in [2.05, 4.69) is 0 Å². The summed E-state index contributed by atoms with van der Waals surface area (Å²) in [4.78, 5) is 20.8. The highest BCUT2D eigenvalue weighted by molar-refractivity contribution is 8.18. The fourth-order valence-electron chi connectivity index (χ4n) is 4.17. The number of carbonyl (C=O) groups is 1. The lowest BCUT2D eigenvalue weighted by Gasteiger charge is -2.30. The van der Waals surface area contributed by atoms with Gasteiger partial charge in [0.05, 0.1) is 10.6 Å². The molecule has 1 saturated heterocycles. The summed E-state index contributed by atoms with van der Waals surface area (Å²) in [7, 11) is 0. The predicted molar refractivity (Wildman–Crippen MR) is 132 cm³/mol. The van der Waals surface area contributed by atoms with Crippen molar-refractivity contribution in [2.75, 3.05) is 0 Å². The van der Waals surface area contributed by atoms with Crippen LogP contribution in [0.25, 0.3) is 17.4 Å². The molecule has 2 aromatic carbocycles. The Hall–Kier alpha value is -2.76. The first-order chi connectivity index (χ1) is 15.7. The Balaban J connectivity index is 1.45. The molecular formula is C26H23ClN2O2S. The van der Waals surface area contributed by atoms with Gasteiger partial charge in [0, 0.05) is 22.7 Å². The molecule has 1 aliphatic carbocycles. The minimum atomic E-state index is 0.0148. The van der Waals surface area contributed by atoms with E-state index in [4.69, 9.17) is 21.0 Å². The predicted octanol–water partition coefficient (Wildman–Crippen LogP) is 7.54. The van der Waals surface area contributed by atoms with Crippen LogP contribution < -0.4 is 0 Å². The average molecular weight is 463 g/mol. The van der Waals surface area contributed by atoms with Crippen molar-refractivity contribution in [2.45, 2.75) is 38.1 Å². The van der Waals surface area contributed by atoms with Gasteiger partial charge in [-0.2, -0.15) is 0 Å². The van der Waals surface area contributed by atoms with Gasteiger partial charge in [0.15, 0.2) is 5.17 Å². The standard InChI is InChI=1S/C26H23ClN2O2S/c27-19-13-11-18(12-14-19)23-16-15-22(31-23)17-24-25(30)29(21-9-5-2-6-10-21)26(32-24)28-20-7-3-1-4-8-20/h1,3-4,7-8,11-17,21H,2,5-6,9-10H2/b24-17-,28-26?. The highest BCUT2D eigenvalue weighted by atomic mass is 35.5. The maximum atomic E-state index is 13.4. The molecule has 1 aliphatic heterocycles. The smallest absolute Gasteiger partial charge is 0.267 e. The van der Waals surface area contributed by atoms with Crippen molar-refractivity contribution >= 4 is 46.2 Å². The number of amidine groups is 1. The monoisotopic (exact) mass is 462 g/mol. The van der Waals surface area contributed by atoms with Crippen LogP contribution in [0, 0.1) is 0 Å². The SMILES string of the molecule is O=C1/C(=C/c2ccc(-c3ccc(Cl)cc3)o2)SC(=Nc2ccccc2)N1C1CCCCC1. The molecule has 1 amide bonds. The van der Waals surface area contributed by atoms with E-state index in [0.29, 0.717) is 15.7 Å². The van der Waals surface area contributed by atoms with E-state index in [1.807, 2.05) is 77.7 Å². The van der Waals surface area contributed by atoms with E-state index in [0.717, 1.165) is 47.9 Å². The lowest BCUT2D eigenvalue weighted by atomic mass is 9.94. The van der Waals surface area contributed by atoms with Crippen molar-refractivity contribution in [1.82, 2.24) is 4.90 Å². The van der Waals surface area contributed by atoms with E-state index in [1.54, 1.807) is 0 Å². The maximum Gasteiger partial charge on any atom is 0.267 e. The van der Waals surface area contributed by atoms with Gasteiger partial charge >= 0.3 is 0 Å². The second-order valence-electron chi connectivity index (χ2n) is 8.02. The van der Waals surface area contributed by atoms with Crippen LogP contribution in [0.3, 0.4) is 0 Å². The van der Waals surface area contributed by atoms with Gasteiger partial charge in [-0.25, -0.2) is 4.99 Å². The number of nitrogens with zero attached hydrogens (tertiary/aromatic N) is 2. The number of hydrogen-bond donors (Lipinski definition) is 0. The average Bonchev–Trinajstić information content (AvgIpc) is 3.40. The first kappa shape index (κ1) is 21.1. The largest absolute Gasteiger partial charge is 0.457 e. The molecule has 6 heteroatoms. The molecule has 5 rings (SSSR count). The second-order valence-corrected chi connectivity index (χ2v) is 9.46. The molecule has 0 radical (unpaired) electrons. The lowest BCUT2D eigenvalue weighted by Crippen LogP contribution is -2.40. The number of para-hydroxylation sites is 1. The Morgan fingerprint density at radius 1 is 0.969 bits per heavy atom. The fraction of sp³-hybridized carbons (Fsp3) is 0.231. The minimum absolute atomic E-state index is 0.0148. The number of hydrogen-bond acceptors (Lipinski definition) is 4. The third-order valence-electron chi connectivity index (χ3n) is 5.79. The van der Waals surface area contributed by atoms with Crippen LogP contribution in [0.2, 0.25) is 5.02 Å². The van der Waals surface area contributed by atoms with Gasteiger partial charge in [0.25, 0.3) is 5.91 Å². The molecule has 2 heterocycles. The third-order valence-corrected chi connectivity index (χ3v) is 7.02. The summed E-state index contributed by atoms with van der Waals surface area (Å²) in [5.74, 6) is 1.41. The van der Waals surface area contributed by atoms with Gasteiger partial charge in [-0.05, 0) is 73.1 Å². The van der Waals surface area contributed by atoms with Gasteiger partial charge < -0.3 is 4.42 Å². The summed E-state index contributed by atoms with van der Waals surface area (Å²) < 4.78 is 6.01. The molecule has 3 aromatic rings. The molecule has 0 spiro atoms. The molecule has 0 unspecified atom stereocenters. The van der Waals surface area contributed by atoms with Crippen LogP contribution in [0.15, 0.2) is 81.0 Å². The number of rotatable bonds is 4. The number of aliphatic imine (C=N–C) groups is 1. The summed E-state index contributed by atoms with van der Waals surface area (Å²) in [6.07, 6.45) is 7.41. The van der Waals surface area contributed by atoms with Crippen LogP contribution in [-0.4, -0.2) is 22.0 Å². The number of carbonyl (C=O) groups excluding carboxylic acids is 1. The zero-order valence-corrected chi connectivity index (χ0v) is 19.1. The van der Waals surface area contributed by atoms with E-state index >= 15 is 0 Å². The zero-order chi connectivity index (χ0) is 21.9. The Bertz CT molecular complexity index is 1160. The Kier molecular flexibility index (Phi) is 6.19. The van der Waals surface area contributed by atoms with E-state index in [-0.39, 0.29) is 11.9 Å². The number of halogens is 1. The van der Waals surface area contributed by atoms with Crippen LogP contribution in [0.5, 0.6) is 0 Å². The number of amides is 1. The summed E-state index contributed by atoms with van der Waals surface area (Å²) in [6, 6.07) is 21.3. The van der Waals surface area contributed by atoms with Gasteiger partial charge in [0.1, 0.15) is 11.5 Å². The van der Waals surface area contributed by atoms with Crippen LogP contribution in [-0.2, 0) is 4.79 Å². The summed E-state index contributed by atoms with van der Waals surface area (Å²) >= 11 is 7.41. The highest BCUT2D eigenvalue weighted by Crippen LogP contribution is 2.39. The molecular weight excluding hydrogens is 440 g/mol. The number of thioether (sulfide) groups is 1. The highest BCUT2D eigenvalue weighted by Gasteiger charge is 2.38. The third kappa shape index (κ3) is 4.54. The Morgan fingerprint density at radius 2 is 1.72 bits per heavy atom. The second kappa shape index (κ2) is 9.39. The van der Waals surface area contributed by atoms with Gasteiger partial charge in [-0.1, -0.05) is 49.1 Å². The molecule has 0 atom stereocenters. The van der Waals surface area contributed by atoms with E-state index in [1.165, 1.54) is 18.2 Å². The van der Waals surface area contributed by atoms with Gasteiger partial charge in [0.2, 0.25) is 0 Å². The van der Waals surface area contributed by atoms with Crippen molar-refractivity contribution in [3.8, 4) is 11.3 Å². The van der Waals surface area contributed by atoms with Crippen molar-refractivity contribution < 1.29 is 9.21 Å². The van der Waals surface area contributed by atoms with Crippen molar-refractivity contribution in [3.63, 3.8) is 0 Å². The minimum Gasteiger partial charge on any atom is -0.457 e. The summed E-state index contributed by atoms with van der Waals surface area (Å²) in [5, 5.41) is 1.44.